The molecule has 0 radical (unpaired) electrons. The lowest BCUT2D eigenvalue weighted by atomic mass is 10.0. The highest BCUT2D eigenvalue weighted by atomic mass is 16.5. The molecule has 2 aromatic heterocycles. The molecule has 6 nitrogen and oxygen atoms in total. The van der Waals surface area contributed by atoms with E-state index in [-0.39, 0.29) is 11.7 Å². The quantitative estimate of drug-likeness (QED) is 0.693. The lowest BCUT2D eigenvalue weighted by molar-refractivity contribution is 0.0761. The van der Waals surface area contributed by atoms with Crippen molar-refractivity contribution in [1.29, 1.82) is 0 Å². The number of aryl methyl sites for hydroxylation is 2. The van der Waals surface area contributed by atoms with E-state index in [4.69, 9.17) is 9.26 Å². The Bertz CT molecular complexity index is 1010. The Labute approximate surface area is 158 Å². The summed E-state index contributed by atoms with van der Waals surface area (Å²) < 4.78 is 12.8. The van der Waals surface area contributed by atoms with E-state index in [0.717, 1.165) is 47.4 Å². The Hall–Kier alpha value is -2.44. The molecule has 3 aromatic rings. The van der Waals surface area contributed by atoms with Crippen molar-refractivity contribution in [2.24, 2.45) is 13.0 Å². The van der Waals surface area contributed by atoms with Gasteiger partial charge in [-0.25, -0.2) is 0 Å². The van der Waals surface area contributed by atoms with Gasteiger partial charge in [-0.15, -0.1) is 0 Å². The standard InChI is InChI=1S/C21H25N3O3/c1-14-8-18(27-22-14)10-16-11-24(13-20(16)26-3)12-17-9-15-6-4-5-7-19(15)23(2)21(17)25/h4-9,16,20H,10-13H2,1-3H3/t16-,20+/m1/s1. The monoisotopic (exact) mass is 367 g/mol. The van der Waals surface area contributed by atoms with Gasteiger partial charge in [0.05, 0.1) is 17.3 Å². The second kappa shape index (κ2) is 7.29. The summed E-state index contributed by atoms with van der Waals surface area (Å²) >= 11 is 0. The molecule has 2 atom stereocenters. The first-order valence-corrected chi connectivity index (χ1v) is 9.30. The van der Waals surface area contributed by atoms with Gasteiger partial charge in [0, 0.05) is 57.8 Å². The van der Waals surface area contributed by atoms with Crippen LogP contribution in [0.2, 0.25) is 0 Å². The molecule has 6 heteroatoms. The molecule has 0 amide bonds. The number of rotatable bonds is 5. The highest BCUT2D eigenvalue weighted by molar-refractivity contribution is 5.79. The zero-order chi connectivity index (χ0) is 19.0. The summed E-state index contributed by atoms with van der Waals surface area (Å²) in [6.45, 7) is 4.24. The molecule has 142 valence electrons. The van der Waals surface area contributed by atoms with E-state index in [1.54, 1.807) is 11.7 Å². The normalized spacial score (nSPS) is 20.6. The van der Waals surface area contributed by atoms with Crippen molar-refractivity contribution in [3.05, 3.63) is 63.8 Å². The van der Waals surface area contributed by atoms with Crippen molar-refractivity contribution < 1.29 is 9.26 Å². The maximum absolute atomic E-state index is 12.8. The van der Waals surface area contributed by atoms with E-state index < -0.39 is 0 Å². The molecule has 1 saturated heterocycles. The van der Waals surface area contributed by atoms with Crippen molar-refractivity contribution in [3.63, 3.8) is 0 Å². The van der Waals surface area contributed by atoms with Gasteiger partial charge in [0.2, 0.25) is 0 Å². The largest absolute Gasteiger partial charge is 0.380 e. The smallest absolute Gasteiger partial charge is 0.255 e. The molecule has 0 saturated carbocycles. The maximum atomic E-state index is 12.8. The van der Waals surface area contributed by atoms with Gasteiger partial charge in [-0.05, 0) is 24.4 Å². The summed E-state index contributed by atoms with van der Waals surface area (Å²) in [4.78, 5) is 15.1. The van der Waals surface area contributed by atoms with Crippen LogP contribution in [-0.4, -0.2) is 40.9 Å². The van der Waals surface area contributed by atoms with Gasteiger partial charge in [-0.1, -0.05) is 23.4 Å². The highest BCUT2D eigenvalue weighted by Gasteiger charge is 2.34. The number of methoxy groups -OCH3 is 1. The molecule has 1 aromatic carbocycles. The fraction of sp³-hybridized carbons (Fsp3) is 0.429. The van der Waals surface area contributed by atoms with Gasteiger partial charge in [0.1, 0.15) is 5.76 Å². The van der Waals surface area contributed by atoms with Crippen LogP contribution in [0.15, 0.2) is 45.7 Å². The molecule has 1 aliphatic heterocycles. The molecule has 0 N–H and O–H groups in total. The van der Waals surface area contributed by atoms with E-state index in [9.17, 15) is 4.79 Å². The minimum atomic E-state index is 0.0666. The number of ether oxygens (including phenoxy) is 1. The number of nitrogens with zero attached hydrogens (tertiary/aromatic N) is 3. The molecule has 0 aliphatic carbocycles. The summed E-state index contributed by atoms with van der Waals surface area (Å²) in [7, 11) is 3.59. The molecular weight excluding hydrogens is 342 g/mol. The van der Waals surface area contributed by atoms with Crippen LogP contribution in [0.5, 0.6) is 0 Å². The molecular formula is C21H25N3O3. The van der Waals surface area contributed by atoms with E-state index in [2.05, 4.69) is 16.1 Å². The van der Waals surface area contributed by atoms with Gasteiger partial charge < -0.3 is 13.8 Å². The van der Waals surface area contributed by atoms with E-state index in [1.165, 1.54) is 0 Å². The van der Waals surface area contributed by atoms with Gasteiger partial charge in [0.15, 0.2) is 0 Å². The first-order chi connectivity index (χ1) is 13.0. The molecule has 0 spiro atoms. The van der Waals surface area contributed by atoms with Crippen molar-refractivity contribution in [2.45, 2.75) is 26.0 Å². The van der Waals surface area contributed by atoms with Crippen LogP contribution in [0.25, 0.3) is 10.9 Å². The number of aromatic nitrogens is 2. The van der Waals surface area contributed by atoms with Crippen LogP contribution in [-0.2, 0) is 24.8 Å². The number of fused-ring (bicyclic) bond motifs is 1. The zero-order valence-electron chi connectivity index (χ0n) is 16.0. The van der Waals surface area contributed by atoms with Gasteiger partial charge in [0.25, 0.3) is 5.56 Å². The number of likely N-dealkylation sites (tertiary alicyclic amines) is 1. The highest BCUT2D eigenvalue weighted by Crippen LogP contribution is 2.25. The predicted octanol–water partition coefficient (Wildman–Crippen LogP) is 2.52. The Morgan fingerprint density at radius 2 is 2.07 bits per heavy atom. The second-order valence-electron chi connectivity index (χ2n) is 7.46. The Balaban J connectivity index is 1.54. The zero-order valence-corrected chi connectivity index (χ0v) is 16.0. The van der Waals surface area contributed by atoms with E-state index in [0.29, 0.717) is 12.5 Å². The first kappa shape index (κ1) is 17.9. The molecule has 4 rings (SSSR count). The van der Waals surface area contributed by atoms with Crippen LogP contribution in [0, 0.1) is 12.8 Å². The number of para-hydroxylation sites is 1. The van der Waals surface area contributed by atoms with Gasteiger partial charge in [-0.3, -0.25) is 9.69 Å². The number of pyridine rings is 1. The van der Waals surface area contributed by atoms with Crippen molar-refractivity contribution >= 4 is 10.9 Å². The minimum absolute atomic E-state index is 0.0666. The topological polar surface area (TPSA) is 60.5 Å². The fourth-order valence-corrected chi connectivity index (χ4v) is 4.13. The average molecular weight is 367 g/mol. The second-order valence-corrected chi connectivity index (χ2v) is 7.46. The number of hydrogen-bond acceptors (Lipinski definition) is 5. The fourth-order valence-electron chi connectivity index (χ4n) is 4.13. The van der Waals surface area contributed by atoms with Gasteiger partial charge >= 0.3 is 0 Å². The van der Waals surface area contributed by atoms with Crippen molar-refractivity contribution in [1.82, 2.24) is 14.6 Å². The Morgan fingerprint density at radius 3 is 2.81 bits per heavy atom. The summed E-state index contributed by atoms with van der Waals surface area (Å²) in [5.41, 5.74) is 2.74. The lowest BCUT2D eigenvalue weighted by Crippen LogP contribution is -2.29. The summed E-state index contributed by atoms with van der Waals surface area (Å²) in [5.74, 6) is 1.22. The van der Waals surface area contributed by atoms with E-state index in [1.807, 2.05) is 44.3 Å². The predicted molar refractivity (Wildman–Crippen MR) is 104 cm³/mol. The SMILES string of the molecule is CO[C@H]1CN(Cc2cc3ccccc3n(C)c2=O)C[C@H]1Cc1cc(C)no1. The van der Waals surface area contributed by atoms with Crippen LogP contribution >= 0.6 is 0 Å². The van der Waals surface area contributed by atoms with Crippen LogP contribution in [0.4, 0.5) is 0 Å². The molecule has 0 bridgehead atoms. The van der Waals surface area contributed by atoms with Gasteiger partial charge in [-0.2, -0.15) is 0 Å². The third-order valence-electron chi connectivity index (χ3n) is 5.50. The Kier molecular flexibility index (Phi) is 4.85. The minimum Gasteiger partial charge on any atom is -0.380 e. The number of hydrogen-bond donors (Lipinski definition) is 0. The maximum Gasteiger partial charge on any atom is 0.255 e. The van der Waals surface area contributed by atoms with E-state index >= 15 is 0 Å². The average Bonchev–Trinajstić information content (AvgIpc) is 3.25. The third-order valence-corrected chi connectivity index (χ3v) is 5.50. The summed E-state index contributed by atoms with van der Waals surface area (Å²) in [6, 6.07) is 12.0. The summed E-state index contributed by atoms with van der Waals surface area (Å²) in [6.07, 6.45) is 0.922. The molecule has 0 unspecified atom stereocenters. The number of benzene rings is 1. The lowest BCUT2D eigenvalue weighted by Gasteiger charge is -2.16. The molecule has 3 heterocycles. The Morgan fingerprint density at radius 1 is 1.26 bits per heavy atom. The first-order valence-electron chi connectivity index (χ1n) is 9.30. The molecule has 1 fully saturated rings. The van der Waals surface area contributed by atoms with Crippen LogP contribution in [0.1, 0.15) is 17.0 Å². The summed E-state index contributed by atoms with van der Waals surface area (Å²) in [5, 5.41) is 5.06. The van der Waals surface area contributed by atoms with Crippen molar-refractivity contribution in [2.75, 3.05) is 20.2 Å². The van der Waals surface area contributed by atoms with Crippen LogP contribution in [0.3, 0.4) is 0 Å². The third kappa shape index (κ3) is 3.55. The molecule has 27 heavy (non-hydrogen) atoms. The molecule has 1 aliphatic rings. The van der Waals surface area contributed by atoms with Crippen LogP contribution < -0.4 is 5.56 Å². The van der Waals surface area contributed by atoms with Crippen molar-refractivity contribution in [3.8, 4) is 0 Å².